The van der Waals surface area contributed by atoms with E-state index in [9.17, 15) is 0 Å². The molecule has 0 unspecified atom stereocenters. The molecular formula is C28H30ClP2W. The second kappa shape index (κ2) is 16.3. The van der Waals surface area contributed by atoms with Crippen LogP contribution in [0.2, 0.25) is 0 Å². The van der Waals surface area contributed by atoms with E-state index in [4.69, 9.17) is 9.42 Å². The molecule has 0 amide bonds. The van der Waals surface area contributed by atoms with E-state index in [1.165, 1.54) is 33.5 Å². The van der Waals surface area contributed by atoms with Gasteiger partial charge in [-0.15, -0.1) is 0 Å². The zero-order chi connectivity index (χ0) is 23.0. The van der Waals surface area contributed by atoms with Gasteiger partial charge < -0.3 is 0 Å². The van der Waals surface area contributed by atoms with Gasteiger partial charge in [0.25, 0.3) is 0 Å². The van der Waals surface area contributed by atoms with Gasteiger partial charge in [0.15, 0.2) is 0 Å². The minimum atomic E-state index is -0.149. The van der Waals surface area contributed by atoms with Gasteiger partial charge in [0.1, 0.15) is 0 Å². The van der Waals surface area contributed by atoms with Crippen molar-refractivity contribution in [1.82, 2.24) is 0 Å². The van der Waals surface area contributed by atoms with Gasteiger partial charge in [-0.05, 0) is 49.4 Å². The maximum absolute atomic E-state index is 4.72. The molecular weight excluding hydrogens is 618 g/mol. The molecule has 0 saturated heterocycles. The van der Waals surface area contributed by atoms with Crippen molar-refractivity contribution in [2.75, 3.05) is 12.3 Å². The zero-order valence-corrected chi connectivity index (χ0v) is 24.1. The van der Waals surface area contributed by atoms with Crippen molar-refractivity contribution in [3.8, 4) is 0 Å². The summed E-state index contributed by atoms with van der Waals surface area (Å²) in [4.78, 5) is 0. The van der Waals surface area contributed by atoms with E-state index in [0.29, 0.717) is 0 Å². The summed E-state index contributed by atoms with van der Waals surface area (Å²) in [5, 5.41) is 5.89. The summed E-state index contributed by atoms with van der Waals surface area (Å²) in [5.74, 6) is 0. The van der Waals surface area contributed by atoms with Gasteiger partial charge in [0.2, 0.25) is 0 Å². The van der Waals surface area contributed by atoms with E-state index in [0.717, 1.165) is 18.8 Å². The molecule has 0 radical (unpaired) electrons. The van der Waals surface area contributed by atoms with Gasteiger partial charge in [0.05, 0.1) is 0 Å². The van der Waals surface area contributed by atoms with E-state index < -0.39 is 0 Å². The second-order valence-electron chi connectivity index (χ2n) is 6.83. The first kappa shape index (κ1) is 27.0. The Labute approximate surface area is 211 Å². The predicted octanol–water partition coefficient (Wildman–Crippen LogP) is 6.97. The fraction of sp³-hybridized carbons (Fsp3) is 0.143. The molecule has 0 fully saturated rings. The Balaban J connectivity index is 0.000000211. The van der Waals surface area contributed by atoms with Crippen LogP contribution >= 0.6 is 25.3 Å². The van der Waals surface area contributed by atoms with Crippen LogP contribution in [-0.2, 0) is 18.8 Å². The molecule has 0 aliphatic carbocycles. The topological polar surface area (TPSA) is 0 Å². The molecule has 4 aromatic rings. The number of benzene rings is 4. The van der Waals surface area contributed by atoms with Gasteiger partial charge in [-0.3, -0.25) is 0 Å². The van der Waals surface area contributed by atoms with E-state index in [-0.39, 0.29) is 15.8 Å². The molecule has 0 bridgehead atoms. The summed E-state index contributed by atoms with van der Waals surface area (Å²) in [6, 6.07) is 43.3. The summed E-state index contributed by atoms with van der Waals surface area (Å²) < 4.78 is 0. The van der Waals surface area contributed by atoms with E-state index >= 15 is 0 Å². The van der Waals surface area contributed by atoms with Crippen LogP contribution in [0.4, 0.5) is 0 Å². The maximum atomic E-state index is 4.72. The first-order valence-corrected chi connectivity index (χ1v) is 17.4. The van der Waals surface area contributed by atoms with Crippen LogP contribution in [0.3, 0.4) is 0 Å². The Morgan fingerprint density at radius 3 is 0.781 bits per heavy atom. The summed E-state index contributed by atoms with van der Waals surface area (Å²) in [6.45, 7) is 4.54. The van der Waals surface area contributed by atoms with Crippen molar-refractivity contribution in [3.05, 3.63) is 121 Å². The van der Waals surface area contributed by atoms with Crippen LogP contribution in [0.5, 0.6) is 0 Å². The van der Waals surface area contributed by atoms with Gasteiger partial charge in [-0.1, -0.05) is 135 Å². The summed E-state index contributed by atoms with van der Waals surface area (Å²) in [6.07, 6.45) is 2.42. The third-order valence-electron chi connectivity index (χ3n) is 4.90. The molecule has 0 atom stereocenters. The van der Waals surface area contributed by atoms with Gasteiger partial charge in [-0.25, -0.2) is 0 Å². The molecule has 0 spiro atoms. The molecule has 165 valence electrons. The first-order valence-electron chi connectivity index (χ1n) is 10.7. The summed E-state index contributed by atoms with van der Waals surface area (Å²) >= 11 is 1.06. The average molecular weight is 648 g/mol. The predicted molar refractivity (Wildman–Crippen MR) is 145 cm³/mol. The summed E-state index contributed by atoms with van der Waals surface area (Å²) in [7, 11) is 4.42. The van der Waals surface area contributed by atoms with Gasteiger partial charge in [-0.2, -0.15) is 0 Å². The van der Waals surface area contributed by atoms with Crippen LogP contribution in [0.15, 0.2) is 121 Å². The number of rotatable bonds is 6. The van der Waals surface area contributed by atoms with Crippen LogP contribution < -0.4 is 21.2 Å². The average Bonchev–Trinajstić information content (AvgIpc) is 2.89. The molecule has 4 heteroatoms. The Kier molecular flexibility index (Phi) is 13.8. The zero-order valence-electron chi connectivity index (χ0n) is 18.6. The van der Waals surface area contributed by atoms with Gasteiger partial charge in [0, 0.05) is 0 Å². The number of hydrogen-bond acceptors (Lipinski definition) is 0. The Hall–Kier alpha value is -1.28. The Bertz CT molecular complexity index is 805. The van der Waals surface area contributed by atoms with Crippen molar-refractivity contribution in [1.29, 1.82) is 0 Å². The molecule has 0 heterocycles. The molecule has 0 aromatic heterocycles. The fourth-order valence-electron chi connectivity index (χ4n) is 3.46. The van der Waals surface area contributed by atoms with Gasteiger partial charge >= 0.3 is 28.2 Å². The SMILES string of the molecule is CCP(c1ccccc1)c1ccccc1.CCP(c1ccccc1)c1ccccc1.[Cl][W]. The third-order valence-corrected chi connectivity index (χ3v) is 9.85. The van der Waals surface area contributed by atoms with E-state index in [1.54, 1.807) is 0 Å². The van der Waals surface area contributed by atoms with E-state index in [2.05, 4.69) is 135 Å². The first-order chi connectivity index (χ1) is 15.8. The molecule has 32 heavy (non-hydrogen) atoms. The molecule has 0 saturated carbocycles. The standard InChI is InChI=1S/2C14H15P.ClH.W/c2*1-2-15(13-9-5-3-6-10-13)14-11-7-4-8-12-14;;/h2*3-12H,2H2,1H3;1H;/q;;;+1/p-1. The summed E-state index contributed by atoms with van der Waals surface area (Å²) in [5.41, 5.74) is 0. The minimum absolute atomic E-state index is 0.149. The molecule has 0 nitrogen and oxygen atoms in total. The second-order valence-corrected chi connectivity index (χ2v) is 11.9. The van der Waals surface area contributed by atoms with Crippen LogP contribution in [0.1, 0.15) is 13.8 Å². The van der Waals surface area contributed by atoms with Crippen molar-refractivity contribution in [2.45, 2.75) is 13.8 Å². The van der Waals surface area contributed by atoms with Crippen molar-refractivity contribution >= 4 is 46.5 Å². The fourth-order valence-corrected chi connectivity index (χ4v) is 7.65. The van der Waals surface area contributed by atoms with E-state index in [1.807, 2.05) is 0 Å². The molecule has 0 N–H and O–H groups in total. The molecule has 0 aliphatic heterocycles. The molecule has 0 aliphatic rings. The van der Waals surface area contributed by atoms with Crippen molar-refractivity contribution in [2.24, 2.45) is 0 Å². The number of halogens is 1. The molecule has 4 aromatic carbocycles. The van der Waals surface area contributed by atoms with Crippen molar-refractivity contribution < 1.29 is 18.8 Å². The normalized spacial score (nSPS) is 10.0. The molecule has 4 rings (SSSR count). The van der Waals surface area contributed by atoms with Crippen LogP contribution in [0.25, 0.3) is 0 Å². The van der Waals surface area contributed by atoms with Crippen LogP contribution in [0, 0.1) is 0 Å². The third kappa shape index (κ3) is 8.58. The number of hydrogen-bond donors (Lipinski definition) is 0. The Morgan fingerprint density at radius 2 is 0.625 bits per heavy atom. The Morgan fingerprint density at radius 1 is 0.438 bits per heavy atom. The van der Waals surface area contributed by atoms with Crippen LogP contribution in [-0.4, -0.2) is 12.3 Å². The quantitative estimate of drug-likeness (QED) is 0.199. The monoisotopic (exact) mass is 647 g/mol. The van der Waals surface area contributed by atoms with Crippen molar-refractivity contribution in [3.63, 3.8) is 0 Å².